The third-order valence-electron chi connectivity index (χ3n) is 6.79. The van der Waals surface area contributed by atoms with Crippen LogP contribution in [-0.4, -0.2) is 0 Å². The van der Waals surface area contributed by atoms with Crippen molar-refractivity contribution in [3.8, 4) is 33.5 Å². The van der Waals surface area contributed by atoms with Crippen LogP contribution in [-0.2, 0) is 0 Å². The van der Waals surface area contributed by atoms with Crippen molar-refractivity contribution >= 4 is 37.7 Å². The molecule has 0 spiro atoms. The molecule has 0 saturated carbocycles. The summed E-state index contributed by atoms with van der Waals surface area (Å²) >= 11 is 1.80. The molecule has 35 heavy (non-hydrogen) atoms. The topological polar surface area (TPSA) is 4.10 Å². The molecule has 0 bridgehead atoms. The predicted molar refractivity (Wildman–Crippen MR) is 149 cm³/mol. The molecule has 0 N–H and O–H groups in total. The van der Waals surface area contributed by atoms with Gasteiger partial charge in [0.25, 0.3) is 0 Å². The van der Waals surface area contributed by atoms with E-state index in [-0.39, 0.29) is 0 Å². The number of pyridine rings is 2. The highest BCUT2D eigenvalue weighted by Crippen LogP contribution is 2.42. The first-order valence-corrected chi connectivity index (χ1v) is 12.7. The van der Waals surface area contributed by atoms with Gasteiger partial charge in [-0.3, -0.25) is 0 Å². The highest BCUT2D eigenvalue weighted by atomic mass is 32.1. The molecular formula is C33H22NS+. The van der Waals surface area contributed by atoms with Crippen molar-refractivity contribution in [2.45, 2.75) is 0 Å². The summed E-state index contributed by atoms with van der Waals surface area (Å²) in [6, 6.07) is 43.6. The monoisotopic (exact) mass is 464 g/mol. The van der Waals surface area contributed by atoms with E-state index < -0.39 is 0 Å². The molecule has 0 atom stereocenters. The molecule has 0 aliphatic heterocycles. The normalized spacial score (nSPS) is 11.4. The Morgan fingerprint density at radius 1 is 0.457 bits per heavy atom. The molecule has 7 aromatic rings. The van der Waals surface area contributed by atoms with Crippen LogP contribution >= 0.6 is 11.3 Å². The fourth-order valence-corrected chi connectivity index (χ4v) is 6.14. The first kappa shape index (κ1) is 20.1. The number of hydrogen-bond donors (Lipinski definition) is 0. The van der Waals surface area contributed by atoms with Crippen LogP contribution in [0.4, 0.5) is 0 Å². The number of aromatic nitrogens is 1. The zero-order valence-corrected chi connectivity index (χ0v) is 19.9. The van der Waals surface area contributed by atoms with Crippen molar-refractivity contribution in [3.63, 3.8) is 0 Å². The second-order valence-corrected chi connectivity index (χ2v) is 9.74. The summed E-state index contributed by atoms with van der Waals surface area (Å²) in [4.78, 5) is 0. The maximum Gasteiger partial charge on any atom is 0.227 e. The molecule has 1 nitrogen and oxygen atoms in total. The molecule has 3 heterocycles. The Hall–Kier alpha value is -4.27. The fourth-order valence-electron chi connectivity index (χ4n) is 5.33. The van der Waals surface area contributed by atoms with Crippen LogP contribution in [0.15, 0.2) is 133 Å². The second kappa shape index (κ2) is 8.19. The number of thiophene rings is 1. The first-order chi connectivity index (χ1) is 17.4. The zero-order valence-electron chi connectivity index (χ0n) is 19.1. The number of fused-ring (bicyclic) bond motifs is 4. The van der Waals surface area contributed by atoms with E-state index >= 15 is 0 Å². The van der Waals surface area contributed by atoms with E-state index in [2.05, 4.69) is 137 Å². The Balaban J connectivity index is 1.80. The number of rotatable bonds is 3. The number of benzene rings is 4. The lowest BCUT2D eigenvalue weighted by molar-refractivity contribution is -0.495. The minimum atomic E-state index is 1.21. The van der Waals surface area contributed by atoms with Gasteiger partial charge in [0.15, 0.2) is 6.20 Å². The first-order valence-electron chi connectivity index (χ1n) is 11.9. The van der Waals surface area contributed by atoms with Gasteiger partial charge in [-0.25, -0.2) is 0 Å². The molecule has 4 aromatic carbocycles. The van der Waals surface area contributed by atoms with E-state index in [1.807, 2.05) is 0 Å². The average molecular weight is 465 g/mol. The quantitative estimate of drug-likeness (QED) is 0.182. The summed E-state index contributed by atoms with van der Waals surface area (Å²) in [7, 11) is 0. The maximum atomic E-state index is 2.45. The number of hydrogen-bond acceptors (Lipinski definition) is 1. The molecule has 0 amide bonds. The van der Waals surface area contributed by atoms with Crippen molar-refractivity contribution < 1.29 is 4.40 Å². The minimum Gasteiger partial charge on any atom is -0.157 e. The van der Waals surface area contributed by atoms with Gasteiger partial charge >= 0.3 is 0 Å². The van der Waals surface area contributed by atoms with Crippen LogP contribution in [0.25, 0.3) is 59.9 Å². The van der Waals surface area contributed by atoms with Crippen LogP contribution in [0.2, 0.25) is 0 Å². The molecular weight excluding hydrogens is 442 g/mol. The summed E-state index contributed by atoms with van der Waals surface area (Å²) in [6.45, 7) is 0. The molecule has 0 fully saturated rings. The van der Waals surface area contributed by atoms with Crippen LogP contribution < -0.4 is 4.40 Å². The summed E-state index contributed by atoms with van der Waals surface area (Å²) in [5.41, 5.74) is 8.70. The van der Waals surface area contributed by atoms with Crippen molar-refractivity contribution in [1.29, 1.82) is 0 Å². The Bertz CT molecular complexity index is 1820. The van der Waals surface area contributed by atoms with Gasteiger partial charge < -0.3 is 0 Å². The predicted octanol–water partition coefficient (Wildman–Crippen LogP) is 8.79. The lowest BCUT2D eigenvalue weighted by Crippen LogP contribution is -2.27. The lowest BCUT2D eigenvalue weighted by Gasteiger charge is -2.15. The smallest absolute Gasteiger partial charge is 0.157 e. The Morgan fingerprint density at radius 3 is 1.66 bits per heavy atom. The van der Waals surface area contributed by atoms with Crippen LogP contribution in [0, 0.1) is 0 Å². The molecule has 3 aromatic heterocycles. The minimum absolute atomic E-state index is 1.21. The van der Waals surface area contributed by atoms with Crippen LogP contribution in [0.3, 0.4) is 0 Å². The molecule has 0 aliphatic rings. The Labute approximate surface area is 208 Å². The van der Waals surface area contributed by atoms with E-state index in [0.29, 0.717) is 0 Å². The third-order valence-corrected chi connectivity index (χ3v) is 7.64. The molecule has 0 unspecified atom stereocenters. The van der Waals surface area contributed by atoms with Crippen molar-refractivity contribution in [1.82, 2.24) is 0 Å². The Morgan fingerprint density at radius 2 is 1.00 bits per heavy atom. The van der Waals surface area contributed by atoms with Crippen molar-refractivity contribution in [2.24, 2.45) is 0 Å². The van der Waals surface area contributed by atoms with Crippen LogP contribution in [0.1, 0.15) is 0 Å². The third kappa shape index (κ3) is 3.18. The largest absolute Gasteiger partial charge is 0.227 e. The molecule has 0 radical (unpaired) electrons. The van der Waals surface area contributed by atoms with E-state index in [9.17, 15) is 0 Å². The molecule has 0 aliphatic carbocycles. The van der Waals surface area contributed by atoms with Gasteiger partial charge in [0.2, 0.25) is 11.2 Å². The zero-order chi connectivity index (χ0) is 23.2. The summed E-state index contributed by atoms with van der Waals surface area (Å²) in [5.74, 6) is 0. The fraction of sp³-hybridized carbons (Fsp3) is 0. The average Bonchev–Trinajstić information content (AvgIpc) is 3.41. The van der Waals surface area contributed by atoms with E-state index in [1.165, 1.54) is 59.9 Å². The van der Waals surface area contributed by atoms with Gasteiger partial charge in [-0.05, 0) is 40.8 Å². The summed E-state index contributed by atoms with van der Waals surface area (Å²) in [6.07, 6.45) is 2.34. The van der Waals surface area contributed by atoms with Crippen LogP contribution in [0.5, 0.6) is 0 Å². The lowest BCUT2D eigenvalue weighted by atomic mass is 9.90. The van der Waals surface area contributed by atoms with E-state index in [4.69, 9.17) is 0 Å². The molecule has 7 rings (SSSR count). The van der Waals surface area contributed by atoms with Gasteiger partial charge in [-0.2, -0.15) is 4.40 Å². The highest BCUT2D eigenvalue weighted by molar-refractivity contribution is 7.17. The van der Waals surface area contributed by atoms with Gasteiger partial charge in [-0.15, -0.1) is 11.3 Å². The van der Waals surface area contributed by atoms with E-state index in [1.54, 1.807) is 11.3 Å². The standard InChI is InChI=1S/C33H22NS/c1-4-12-23(13-5-1)30-26-18-10-11-19-27(26)33-31(24-14-6-2-7-15-24)28-20-21-35-29(28)22-34(33)32(30)25-16-8-3-9-17-25/h1-22H/q+1. The van der Waals surface area contributed by atoms with E-state index in [0.717, 1.165) is 0 Å². The number of nitrogens with zero attached hydrogens (tertiary/aromatic N) is 1. The molecule has 2 heteroatoms. The van der Waals surface area contributed by atoms with Gasteiger partial charge in [-0.1, -0.05) is 97.1 Å². The van der Waals surface area contributed by atoms with Gasteiger partial charge in [0, 0.05) is 16.3 Å². The van der Waals surface area contributed by atoms with Crippen molar-refractivity contribution in [3.05, 3.63) is 133 Å². The highest BCUT2D eigenvalue weighted by Gasteiger charge is 2.28. The SMILES string of the molecule is c1ccc(-c2c(-c3ccccc3)[n+]3cc4sccc4c(-c4ccccc4)c3c3ccccc23)cc1. The summed E-state index contributed by atoms with van der Waals surface area (Å²) in [5, 5.41) is 6.04. The second-order valence-electron chi connectivity index (χ2n) is 8.79. The molecule has 0 saturated heterocycles. The van der Waals surface area contributed by atoms with Gasteiger partial charge in [0.05, 0.1) is 21.2 Å². The van der Waals surface area contributed by atoms with Crippen molar-refractivity contribution in [2.75, 3.05) is 0 Å². The molecule has 164 valence electrons. The maximum absolute atomic E-state index is 2.45. The van der Waals surface area contributed by atoms with Gasteiger partial charge in [0.1, 0.15) is 0 Å². The Kier molecular flexibility index (Phi) is 4.71. The summed E-state index contributed by atoms with van der Waals surface area (Å²) < 4.78 is 3.73.